The number of H-pyrrole nitrogens is 1. The Morgan fingerprint density at radius 2 is 2.24 bits per heavy atom. The first-order chi connectivity index (χ1) is 10.1. The number of aromatic amines is 1. The van der Waals surface area contributed by atoms with Crippen LogP contribution in [0.2, 0.25) is 0 Å². The van der Waals surface area contributed by atoms with Crippen LogP contribution in [0.4, 0.5) is 11.4 Å². The molecule has 0 aliphatic rings. The molecule has 1 aromatic carbocycles. The SMILES string of the molecule is Cn1cc(NC(=S)N=Nc2c(O)[nH]c3ccccc23)cn1. The number of benzene rings is 1. The molecule has 0 bridgehead atoms. The molecule has 8 heteroatoms. The van der Waals surface area contributed by atoms with Crippen LogP contribution in [-0.4, -0.2) is 25.0 Å². The van der Waals surface area contributed by atoms with Gasteiger partial charge in [-0.2, -0.15) is 5.10 Å². The predicted molar refractivity (Wildman–Crippen MR) is 83.9 cm³/mol. The molecule has 2 heterocycles. The number of anilines is 1. The standard InChI is InChI=1S/C13H12N6OS/c1-19-7-8(6-14-19)15-13(21)18-17-11-9-4-2-3-5-10(9)16-12(11)20/h2-7,16,20H,1H3,(H,15,21). The minimum absolute atomic E-state index is 0.0378. The van der Waals surface area contributed by atoms with Crippen LogP contribution in [0.15, 0.2) is 46.9 Å². The van der Waals surface area contributed by atoms with E-state index in [9.17, 15) is 5.11 Å². The van der Waals surface area contributed by atoms with E-state index in [2.05, 4.69) is 25.6 Å². The van der Waals surface area contributed by atoms with E-state index < -0.39 is 0 Å². The fraction of sp³-hybridized carbons (Fsp3) is 0.0769. The monoisotopic (exact) mass is 300 g/mol. The summed E-state index contributed by atoms with van der Waals surface area (Å²) >= 11 is 5.08. The maximum atomic E-state index is 9.85. The van der Waals surface area contributed by atoms with E-state index in [1.165, 1.54) is 0 Å². The second-order valence-electron chi connectivity index (χ2n) is 4.40. The molecule has 106 valence electrons. The topological polar surface area (TPSA) is 90.6 Å². The molecular formula is C13H12N6OS. The van der Waals surface area contributed by atoms with Crippen molar-refractivity contribution in [2.75, 3.05) is 5.32 Å². The van der Waals surface area contributed by atoms with Crippen molar-refractivity contribution >= 4 is 39.6 Å². The van der Waals surface area contributed by atoms with Gasteiger partial charge in [-0.15, -0.1) is 10.2 Å². The van der Waals surface area contributed by atoms with Crippen LogP contribution in [0.5, 0.6) is 5.88 Å². The lowest BCUT2D eigenvalue weighted by Crippen LogP contribution is -2.03. The Labute approximate surface area is 125 Å². The van der Waals surface area contributed by atoms with Gasteiger partial charge >= 0.3 is 0 Å². The number of hydrogen-bond donors (Lipinski definition) is 3. The smallest absolute Gasteiger partial charge is 0.218 e. The Balaban J connectivity index is 1.81. The normalized spacial score (nSPS) is 11.3. The average Bonchev–Trinajstić information content (AvgIpc) is 2.99. The highest BCUT2D eigenvalue weighted by Gasteiger charge is 2.09. The molecule has 0 aliphatic heterocycles. The van der Waals surface area contributed by atoms with Crippen molar-refractivity contribution in [1.29, 1.82) is 0 Å². The first kappa shape index (κ1) is 13.3. The Bertz CT molecular complexity index is 834. The summed E-state index contributed by atoms with van der Waals surface area (Å²) in [5.74, 6) is -0.0378. The van der Waals surface area contributed by atoms with Crippen LogP contribution in [0.25, 0.3) is 10.9 Å². The summed E-state index contributed by atoms with van der Waals surface area (Å²) in [6, 6.07) is 7.42. The minimum atomic E-state index is -0.0378. The Morgan fingerprint density at radius 1 is 1.43 bits per heavy atom. The number of nitrogens with zero attached hydrogens (tertiary/aromatic N) is 4. The summed E-state index contributed by atoms with van der Waals surface area (Å²) in [5.41, 5.74) is 1.88. The molecule has 0 radical (unpaired) electrons. The second kappa shape index (κ2) is 5.33. The molecule has 7 nitrogen and oxygen atoms in total. The van der Waals surface area contributed by atoms with E-state index >= 15 is 0 Å². The van der Waals surface area contributed by atoms with Gasteiger partial charge in [0.2, 0.25) is 11.0 Å². The van der Waals surface area contributed by atoms with Gasteiger partial charge in [0.15, 0.2) is 5.69 Å². The summed E-state index contributed by atoms with van der Waals surface area (Å²) in [5, 5.41) is 25.6. The van der Waals surface area contributed by atoms with Gasteiger partial charge < -0.3 is 15.4 Å². The van der Waals surface area contributed by atoms with Gasteiger partial charge in [0.05, 0.1) is 17.4 Å². The number of fused-ring (bicyclic) bond motifs is 1. The first-order valence-electron chi connectivity index (χ1n) is 6.14. The number of azo groups is 1. The number of aromatic hydroxyl groups is 1. The van der Waals surface area contributed by atoms with Crippen molar-refractivity contribution in [3.05, 3.63) is 36.7 Å². The Morgan fingerprint density at radius 3 is 3.00 bits per heavy atom. The highest BCUT2D eigenvalue weighted by molar-refractivity contribution is 7.80. The van der Waals surface area contributed by atoms with Crippen molar-refractivity contribution in [2.45, 2.75) is 0 Å². The molecule has 3 aromatic rings. The number of thiocarbonyl (C=S) groups is 1. The van der Waals surface area contributed by atoms with Gasteiger partial charge in [-0.25, -0.2) is 0 Å². The number of aromatic nitrogens is 3. The largest absolute Gasteiger partial charge is 0.493 e. The zero-order valence-corrected chi connectivity index (χ0v) is 11.9. The molecule has 21 heavy (non-hydrogen) atoms. The molecule has 0 amide bonds. The van der Waals surface area contributed by atoms with Crippen molar-refractivity contribution in [3.8, 4) is 5.88 Å². The second-order valence-corrected chi connectivity index (χ2v) is 4.79. The number of rotatable bonds is 2. The van der Waals surface area contributed by atoms with Crippen LogP contribution in [0.3, 0.4) is 0 Å². The Kier molecular flexibility index (Phi) is 3.36. The number of nitrogens with one attached hydrogen (secondary N) is 2. The predicted octanol–water partition coefficient (Wildman–Crippen LogP) is 3.09. The van der Waals surface area contributed by atoms with Crippen LogP contribution >= 0.6 is 12.2 Å². The zero-order valence-electron chi connectivity index (χ0n) is 11.1. The molecule has 0 saturated carbocycles. The van der Waals surface area contributed by atoms with Crippen molar-refractivity contribution in [3.63, 3.8) is 0 Å². The zero-order chi connectivity index (χ0) is 14.8. The number of aryl methyl sites for hydroxylation is 1. The lowest BCUT2D eigenvalue weighted by Gasteiger charge is -1.97. The molecule has 0 saturated heterocycles. The van der Waals surface area contributed by atoms with E-state index in [4.69, 9.17) is 12.2 Å². The number of hydrogen-bond acceptors (Lipinski definition) is 4. The van der Waals surface area contributed by atoms with Gasteiger partial charge in [0.1, 0.15) is 0 Å². The van der Waals surface area contributed by atoms with E-state index in [0.717, 1.165) is 16.6 Å². The van der Waals surface area contributed by atoms with Gasteiger partial charge in [-0.1, -0.05) is 18.2 Å². The maximum absolute atomic E-state index is 9.85. The van der Waals surface area contributed by atoms with E-state index in [0.29, 0.717) is 5.69 Å². The fourth-order valence-electron chi connectivity index (χ4n) is 1.94. The van der Waals surface area contributed by atoms with Crippen molar-refractivity contribution < 1.29 is 5.11 Å². The quantitative estimate of drug-likeness (QED) is 0.501. The lowest BCUT2D eigenvalue weighted by molar-refractivity contribution is 0.459. The van der Waals surface area contributed by atoms with Crippen molar-refractivity contribution in [2.24, 2.45) is 17.3 Å². The van der Waals surface area contributed by atoms with Crippen LogP contribution in [0, 0.1) is 0 Å². The molecule has 0 spiro atoms. The van der Waals surface area contributed by atoms with E-state index in [-0.39, 0.29) is 11.0 Å². The van der Waals surface area contributed by atoms with Crippen LogP contribution in [-0.2, 0) is 7.05 Å². The summed E-state index contributed by atoms with van der Waals surface area (Å²) in [4.78, 5) is 2.83. The van der Waals surface area contributed by atoms with Crippen molar-refractivity contribution in [1.82, 2.24) is 14.8 Å². The maximum Gasteiger partial charge on any atom is 0.218 e. The van der Waals surface area contributed by atoms with Crippen LogP contribution in [0.1, 0.15) is 0 Å². The fourth-order valence-corrected chi connectivity index (χ4v) is 2.10. The summed E-state index contributed by atoms with van der Waals surface area (Å²) in [7, 11) is 1.81. The molecule has 2 aromatic heterocycles. The summed E-state index contributed by atoms with van der Waals surface area (Å²) in [6.45, 7) is 0. The highest BCUT2D eigenvalue weighted by atomic mass is 32.1. The van der Waals surface area contributed by atoms with Gasteiger partial charge in [-0.05, 0) is 18.3 Å². The van der Waals surface area contributed by atoms with Gasteiger partial charge in [0, 0.05) is 18.6 Å². The molecule has 0 aliphatic carbocycles. The molecular weight excluding hydrogens is 288 g/mol. The molecule has 0 atom stereocenters. The van der Waals surface area contributed by atoms with Gasteiger partial charge in [-0.3, -0.25) is 4.68 Å². The lowest BCUT2D eigenvalue weighted by atomic mass is 10.2. The summed E-state index contributed by atoms with van der Waals surface area (Å²) in [6.07, 6.45) is 3.40. The van der Waals surface area contributed by atoms with Gasteiger partial charge in [0.25, 0.3) is 0 Å². The third-order valence-electron chi connectivity index (χ3n) is 2.86. The molecule has 0 fully saturated rings. The highest BCUT2D eigenvalue weighted by Crippen LogP contribution is 2.35. The van der Waals surface area contributed by atoms with E-state index in [1.54, 1.807) is 24.1 Å². The number of para-hydroxylation sites is 1. The third kappa shape index (κ3) is 2.75. The third-order valence-corrected chi connectivity index (χ3v) is 3.04. The molecule has 3 rings (SSSR count). The van der Waals surface area contributed by atoms with E-state index in [1.807, 2.05) is 24.3 Å². The minimum Gasteiger partial charge on any atom is -0.493 e. The average molecular weight is 300 g/mol. The Hall–Kier alpha value is -2.74. The summed E-state index contributed by atoms with van der Waals surface area (Å²) < 4.78 is 1.65. The van der Waals surface area contributed by atoms with Crippen LogP contribution < -0.4 is 5.32 Å². The molecule has 0 unspecified atom stereocenters. The molecule has 3 N–H and O–H groups in total. The first-order valence-corrected chi connectivity index (χ1v) is 6.55.